The molecule has 0 aliphatic carbocycles. The van der Waals surface area contributed by atoms with Crippen LogP contribution in [-0.2, 0) is 4.79 Å². The highest BCUT2D eigenvalue weighted by Gasteiger charge is 2.14. The highest BCUT2D eigenvalue weighted by molar-refractivity contribution is 5.92. The van der Waals surface area contributed by atoms with Gasteiger partial charge in [0.25, 0.3) is 0 Å². The van der Waals surface area contributed by atoms with Gasteiger partial charge in [-0.25, -0.2) is 0 Å². The second-order valence-corrected chi connectivity index (χ2v) is 3.23. The largest absolute Gasteiger partial charge is 0.396 e. The highest BCUT2D eigenvalue weighted by atomic mass is 16.3. The van der Waals surface area contributed by atoms with Crippen LogP contribution < -0.4 is 5.73 Å². The Morgan fingerprint density at radius 1 is 1.38 bits per heavy atom. The third-order valence-electron chi connectivity index (χ3n) is 1.84. The molecule has 4 nitrogen and oxygen atoms in total. The van der Waals surface area contributed by atoms with E-state index in [1.807, 2.05) is 0 Å². The summed E-state index contributed by atoms with van der Waals surface area (Å²) < 4.78 is 0. The van der Waals surface area contributed by atoms with Gasteiger partial charge in [0.05, 0.1) is 0 Å². The van der Waals surface area contributed by atoms with Crippen molar-refractivity contribution < 1.29 is 15.0 Å². The Balaban J connectivity index is 4.59. The summed E-state index contributed by atoms with van der Waals surface area (Å²) in [5.41, 5.74) is 5.49. The predicted molar refractivity (Wildman–Crippen MR) is 49.8 cm³/mol. The van der Waals surface area contributed by atoms with Gasteiger partial charge in [0.2, 0.25) is 5.91 Å². The molecule has 0 aromatic carbocycles. The minimum atomic E-state index is -0.540. The Kier molecular flexibility index (Phi) is 5.34. The molecule has 0 heterocycles. The van der Waals surface area contributed by atoms with Crippen molar-refractivity contribution in [3.8, 4) is 0 Å². The van der Waals surface area contributed by atoms with Crippen molar-refractivity contribution in [2.75, 3.05) is 13.2 Å². The first kappa shape index (κ1) is 12.1. The summed E-state index contributed by atoms with van der Waals surface area (Å²) in [7, 11) is 0. The van der Waals surface area contributed by atoms with Crippen LogP contribution in [0.25, 0.3) is 0 Å². The number of amides is 1. The third-order valence-corrected chi connectivity index (χ3v) is 1.84. The molecule has 0 radical (unpaired) electrons. The molecule has 0 saturated heterocycles. The number of rotatable bonds is 5. The maximum absolute atomic E-state index is 10.9. The molecule has 0 rings (SSSR count). The van der Waals surface area contributed by atoms with Crippen LogP contribution in [0.3, 0.4) is 0 Å². The smallest absolute Gasteiger partial charge is 0.244 e. The first-order valence-electron chi connectivity index (χ1n) is 4.26. The molecule has 0 aromatic rings. The van der Waals surface area contributed by atoms with Crippen LogP contribution in [0.1, 0.15) is 13.8 Å². The molecular weight excluding hydrogens is 170 g/mol. The predicted octanol–water partition coefficient (Wildman–Crippen LogP) is -0.345. The minimum Gasteiger partial charge on any atom is -0.396 e. The van der Waals surface area contributed by atoms with Gasteiger partial charge in [0.15, 0.2) is 0 Å². The van der Waals surface area contributed by atoms with Crippen LogP contribution >= 0.6 is 0 Å². The van der Waals surface area contributed by atoms with E-state index >= 15 is 0 Å². The summed E-state index contributed by atoms with van der Waals surface area (Å²) in [4.78, 5) is 10.9. The second kappa shape index (κ2) is 5.72. The lowest BCUT2D eigenvalue weighted by molar-refractivity contribution is -0.115. The number of hydrogen-bond donors (Lipinski definition) is 3. The quantitative estimate of drug-likeness (QED) is 0.515. The van der Waals surface area contributed by atoms with Crippen molar-refractivity contribution in [3.63, 3.8) is 0 Å². The normalized spacial score (nSPS) is 16.8. The molecule has 0 fully saturated rings. The third kappa shape index (κ3) is 4.05. The average molecular weight is 187 g/mol. The number of aliphatic hydroxyl groups excluding tert-OH is 2. The standard InChI is InChI=1S/C9H17NO3/c1-6(4-11)3-8(9(10)13)7(2)5-12/h3,6-7,11-12H,4-5H2,1-2H3,(H2,10,13)/b8-3+. The summed E-state index contributed by atoms with van der Waals surface area (Å²) in [6.45, 7) is 3.33. The molecule has 0 bridgehead atoms. The van der Waals surface area contributed by atoms with Crippen molar-refractivity contribution in [3.05, 3.63) is 11.6 Å². The maximum atomic E-state index is 10.9. The van der Waals surface area contributed by atoms with Gasteiger partial charge in [-0.3, -0.25) is 4.79 Å². The van der Waals surface area contributed by atoms with Crippen LogP contribution in [0.5, 0.6) is 0 Å². The molecule has 76 valence electrons. The summed E-state index contributed by atoms with van der Waals surface area (Å²) in [6.07, 6.45) is 1.60. The Morgan fingerprint density at radius 3 is 2.23 bits per heavy atom. The first-order chi connectivity index (χ1) is 6.02. The van der Waals surface area contributed by atoms with E-state index < -0.39 is 5.91 Å². The molecule has 4 N–H and O–H groups in total. The topological polar surface area (TPSA) is 83.6 Å². The van der Waals surface area contributed by atoms with Crippen molar-refractivity contribution in [1.82, 2.24) is 0 Å². The van der Waals surface area contributed by atoms with Gasteiger partial charge in [-0.15, -0.1) is 0 Å². The number of nitrogens with two attached hydrogens (primary N) is 1. The van der Waals surface area contributed by atoms with E-state index in [9.17, 15) is 4.79 Å². The molecular formula is C9H17NO3. The molecule has 0 saturated carbocycles. The highest BCUT2D eigenvalue weighted by Crippen LogP contribution is 2.12. The van der Waals surface area contributed by atoms with Gasteiger partial charge in [-0.05, 0) is 5.92 Å². The molecule has 0 spiro atoms. The Morgan fingerprint density at radius 2 is 1.92 bits per heavy atom. The molecule has 0 aliphatic heterocycles. The van der Waals surface area contributed by atoms with Crippen molar-refractivity contribution in [2.24, 2.45) is 17.6 Å². The van der Waals surface area contributed by atoms with E-state index in [1.54, 1.807) is 19.9 Å². The monoisotopic (exact) mass is 187 g/mol. The lowest BCUT2D eigenvalue weighted by Gasteiger charge is -2.11. The van der Waals surface area contributed by atoms with Crippen LogP contribution in [0.2, 0.25) is 0 Å². The SMILES string of the molecule is CC(/C=C(/C(N)=O)C(C)CO)CO. The Labute approximate surface area is 78.1 Å². The number of aliphatic hydroxyl groups is 2. The Bertz CT molecular complexity index is 201. The number of primary amides is 1. The summed E-state index contributed by atoms with van der Waals surface area (Å²) >= 11 is 0. The second-order valence-electron chi connectivity index (χ2n) is 3.23. The molecule has 2 atom stereocenters. The minimum absolute atomic E-state index is 0.0328. The zero-order valence-electron chi connectivity index (χ0n) is 8.03. The summed E-state index contributed by atoms with van der Waals surface area (Å²) in [6, 6.07) is 0. The first-order valence-corrected chi connectivity index (χ1v) is 4.26. The van der Waals surface area contributed by atoms with E-state index in [4.69, 9.17) is 15.9 Å². The fourth-order valence-electron chi connectivity index (χ4n) is 0.947. The fraction of sp³-hybridized carbons (Fsp3) is 0.667. The van der Waals surface area contributed by atoms with Gasteiger partial charge < -0.3 is 15.9 Å². The number of carbonyl (C=O) groups excluding carboxylic acids is 1. The number of hydrogen-bond acceptors (Lipinski definition) is 3. The van der Waals surface area contributed by atoms with Gasteiger partial charge >= 0.3 is 0 Å². The van der Waals surface area contributed by atoms with Crippen LogP contribution in [0, 0.1) is 11.8 Å². The Hall–Kier alpha value is -0.870. The maximum Gasteiger partial charge on any atom is 0.244 e. The molecule has 2 unspecified atom stereocenters. The average Bonchev–Trinajstić information content (AvgIpc) is 2.11. The molecule has 0 aliphatic rings. The van der Waals surface area contributed by atoms with E-state index in [-0.39, 0.29) is 25.0 Å². The van der Waals surface area contributed by atoms with E-state index in [0.29, 0.717) is 5.57 Å². The van der Waals surface area contributed by atoms with E-state index in [0.717, 1.165) is 0 Å². The molecule has 4 heteroatoms. The fourth-order valence-corrected chi connectivity index (χ4v) is 0.947. The van der Waals surface area contributed by atoms with Gasteiger partial charge in [0.1, 0.15) is 0 Å². The van der Waals surface area contributed by atoms with E-state index in [1.165, 1.54) is 0 Å². The van der Waals surface area contributed by atoms with Gasteiger partial charge in [-0.1, -0.05) is 19.9 Å². The summed E-state index contributed by atoms with van der Waals surface area (Å²) in [5, 5.41) is 17.6. The zero-order chi connectivity index (χ0) is 10.4. The van der Waals surface area contributed by atoms with Crippen LogP contribution in [0.4, 0.5) is 0 Å². The van der Waals surface area contributed by atoms with Crippen molar-refractivity contribution in [2.45, 2.75) is 13.8 Å². The zero-order valence-corrected chi connectivity index (χ0v) is 8.03. The van der Waals surface area contributed by atoms with Crippen LogP contribution in [0.15, 0.2) is 11.6 Å². The van der Waals surface area contributed by atoms with Crippen molar-refractivity contribution in [1.29, 1.82) is 0 Å². The van der Waals surface area contributed by atoms with E-state index in [2.05, 4.69) is 0 Å². The van der Waals surface area contributed by atoms with Crippen LogP contribution in [-0.4, -0.2) is 29.3 Å². The molecule has 13 heavy (non-hydrogen) atoms. The lowest BCUT2D eigenvalue weighted by atomic mass is 9.97. The molecule has 0 aromatic heterocycles. The van der Waals surface area contributed by atoms with Gasteiger partial charge in [0, 0.05) is 24.7 Å². The van der Waals surface area contributed by atoms with Gasteiger partial charge in [-0.2, -0.15) is 0 Å². The van der Waals surface area contributed by atoms with Crippen molar-refractivity contribution >= 4 is 5.91 Å². The lowest BCUT2D eigenvalue weighted by Crippen LogP contribution is -2.22. The summed E-state index contributed by atoms with van der Waals surface area (Å²) in [5.74, 6) is -0.926. The molecule has 1 amide bonds. The number of carbonyl (C=O) groups is 1.